The van der Waals surface area contributed by atoms with Crippen LogP contribution in [0.4, 0.5) is 22.7 Å². The van der Waals surface area contributed by atoms with Crippen molar-refractivity contribution < 1.29 is 14.5 Å². The Kier molecular flexibility index (Phi) is 3.33. The third-order valence-corrected chi connectivity index (χ3v) is 3.27. The van der Waals surface area contributed by atoms with Crippen LogP contribution in [-0.4, -0.2) is 20.2 Å². The minimum Gasteiger partial charge on any atom is -0.350 e. The standard InChI is InChI=1S/C13H9N5O5/c1-7-6-8(17(19)20)2-3-9(7)14-11-5-4-10-12(16-23-15-10)13(11)18(21)22/h2-6,14H,1H3. The normalized spacial score (nSPS) is 10.7. The van der Waals surface area contributed by atoms with Crippen LogP contribution in [0.2, 0.25) is 0 Å². The highest BCUT2D eigenvalue weighted by atomic mass is 16.6. The Morgan fingerprint density at radius 3 is 2.43 bits per heavy atom. The number of aromatic nitrogens is 2. The summed E-state index contributed by atoms with van der Waals surface area (Å²) < 4.78 is 4.52. The molecular weight excluding hydrogens is 306 g/mol. The lowest BCUT2D eigenvalue weighted by atomic mass is 10.1. The fraction of sp³-hybridized carbons (Fsp3) is 0.0769. The first-order chi connectivity index (χ1) is 11.0. The van der Waals surface area contributed by atoms with Crippen LogP contribution in [0.5, 0.6) is 0 Å². The van der Waals surface area contributed by atoms with Crippen molar-refractivity contribution in [2.45, 2.75) is 6.92 Å². The van der Waals surface area contributed by atoms with E-state index in [1.54, 1.807) is 6.92 Å². The molecule has 0 fully saturated rings. The average Bonchev–Trinajstić information content (AvgIpc) is 2.96. The molecule has 0 spiro atoms. The van der Waals surface area contributed by atoms with Crippen LogP contribution in [0.1, 0.15) is 5.56 Å². The molecule has 0 atom stereocenters. The van der Waals surface area contributed by atoms with Crippen LogP contribution in [0, 0.1) is 27.2 Å². The highest BCUT2D eigenvalue weighted by molar-refractivity contribution is 5.92. The van der Waals surface area contributed by atoms with Crippen molar-refractivity contribution in [3.05, 3.63) is 56.1 Å². The lowest BCUT2D eigenvalue weighted by Gasteiger charge is -2.09. The maximum Gasteiger partial charge on any atom is 0.323 e. The number of hydrogen-bond acceptors (Lipinski definition) is 8. The van der Waals surface area contributed by atoms with Gasteiger partial charge in [0.25, 0.3) is 5.69 Å². The van der Waals surface area contributed by atoms with Crippen molar-refractivity contribution in [1.29, 1.82) is 0 Å². The number of nitro groups is 2. The molecule has 2 aromatic carbocycles. The number of fused-ring (bicyclic) bond motifs is 1. The van der Waals surface area contributed by atoms with Crippen molar-refractivity contribution in [2.75, 3.05) is 5.32 Å². The summed E-state index contributed by atoms with van der Waals surface area (Å²) in [6.07, 6.45) is 0. The number of aryl methyl sites for hydroxylation is 1. The van der Waals surface area contributed by atoms with Crippen LogP contribution in [0.3, 0.4) is 0 Å². The van der Waals surface area contributed by atoms with Gasteiger partial charge in [-0.2, -0.15) is 0 Å². The molecule has 1 aromatic heterocycles. The summed E-state index contributed by atoms with van der Waals surface area (Å²) in [6.45, 7) is 1.66. The minimum atomic E-state index is -0.588. The maximum absolute atomic E-state index is 11.3. The molecule has 0 saturated carbocycles. The number of nitrogens with one attached hydrogen (secondary N) is 1. The lowest BCUT2D eigenvalue weighted by Crippen LogP contribution is -2.00. The summed E-state index contributed by atoms with van der Waals surface area (Å²) in [6, 6.07) is 7.19. The number of rotatable bonds is 4. The van der Waals surface area contributed by atoms with Gasteiger partial charge < -0.3 is 5.32 Å². The topological polar surface area (TPSA) is 137 Å². The quantitative estimate of drug-likeness (QED) is 0.572. The SMILES string of the molecule is Cc1cc([N+](=O)[O-])ccc1Nc1ccc2nonc2c1[N+](=O)[O-]. The summed E-state index contributed by atoms with van der Waals surface area (Å²) in [5.41, 5.74) is 1.24. The van der Waals surface area contributed by atoms with E-state index in [2.05, 4.69) is 20.3 Å². The zero-order valence-electron chi connectivity index (χ0n) is 11.7. The molecule has 1 N–H and O–H groups in total. The Balaban J connectivity index is 2.06. The van der Waals surface area contributed by atoms with E-state index in [-0.39, 0.29) is 28.1 Å². The molecule has 0 aliphatic heterocycles. The Morgan fingerprint density at radius 1 is 1.04 bits per heavy atom. The van der Waals surface area contributed by atoms with Gasteiger partial charge in [-0.3, -0.25) is 20.2 Å². The van der Waals surface area contributed by atoms with Crippen LogP contribution < -0.4 is 5.32 Å². The second kappa shape index (κ2) is 5.33. The molecule has 0 saturated heterocycles. The van der Waals surface area contributed by atoms with Gasteiger partial charge in [0.2, 0.25) is 5.52 Å². The van der Waals surface area contributed by atoms with E-state index in [0.29, 0.717) is 11.3 Å². The van der Waals surface area contributed by atoms with Crippen molar-refractivity contribution in [3.8, 4) is 0 Å². The Bertz CT molecular complexity index is 936. The van der Waals surface area contributed by atoms with E-state index in [1.165, 1.54) is 30.3 Å². The maximum atomic E-state index is 11.3. The molecule has 23 heavy (non-hydrogen) atoms. The smallest absolute Gasteiger partial charge is 0.323 e. The van der Waals surface area contributed by atoms with Gasteiger partial charge >= 0.3 is 5.69 Å². The van der Waals surface area contributed by atoms with E-state index < -0.39 is 9.85 Å². The molecule has 3 rings (SSSR count). The van der Waals surface area contributed by atoms with Gasteiger partial charge in [-0.15, -0.1) is 0 Å². The molecule has 0 unspecified atom stereocenters. The molecule has 0 radical (unpaired) electrons. The first-order valence-electron chi connectivity index (χ1n) is 6.39. The number of nitrogens with zero attached hydrogens (tertiary/aromatic N) is 4. The number of nitro benzene ring substituents is 2. The third kappa shape index (κ3) is 2.52. The van der Waals surface area contributed by atoms with E-state index in [0.717, 1.165) is 0 Å². The van der Waals surface area contributed by atoms with Crippen LogP contribution >= 0.6 is 0 Å². The van der Waals surface area contributed by atoms with E-state index in [4.69, 9.17) is 0 Å². The predicted molar refractivity (Wildman–Crippen MR) is 79.6 cm³/mol. The summed E-state index contributed by atoms with van der Waals surface area (Å²) in [5.74, 6) is 0. The minimum absolute atomic E-state index is 0.0274. The van der Waals surface area contributed by atoms with Gasteiger partial charge in [0.15, 0.2) is 0 Å². The highest BCUT2D eigenvalue weighted by Gasteiger charge is 2.23. The number of hydrogen-bond donors (Lipinski definition) is 1. The monoisotopic (exact) mass is 315 g/mol. The van der Waals surface area contributed by atoms with Crippen molar-refractivity contribution in [3.63, 3.8) is 0 Å². The lowest BCUT2D eigenvalue weighted by molar-refractivity contribution is -0.384. The molecule has 0 aliphatic rings. The van der Waals surface area contributed by atoms with Crippen LogP contribution in [-0.2, 0) is 0 Å². The molecule has 10 heteroatoms. The molecule has 0 bridgehead atoms. The molecule has 10 nitrogen and oxygen atoms in total. The second-order valence-corrected chi connectivity index (χ2v) is 4.73. The molecule has 0 amide bonds. The Labute approximate surface area is 128 Å². The highest BCUT2D eigenvalue weighted by Crippen LogP contribution is 2.34. The molecule has 1 heterocycles. The van der Waals surface area contributed by atoms with Crippen LogP contribution in [0.25, 0.3) is 11.0 Å². The first-order valence-corrected chi connectivity index (χ1v) is 6.39. The fourth-order valence-corrected chi connectivity index (χ4v) is 2.17. The summed E-state index contributed by atoms with van der Waals surface area (Å²) >= 11 is 0. The van der Waals surface area contributed by atoms with Gasteiger partial charge in [-0.25, -0.2) is 4.63 Å². The summed E-state index contributed by atoms with van der Waals surface area (Å²) in [5, 5.41) is 32.1. The predicted octanol–water partition coefficient (Wildman–Crippen LogP) is 3.09. The first kappa shape index (κ1) is 14.4. The van der Waals surface area contributed by atoms with Crippen molar-refractivity contribution in [1.82, 2.24) is 10.3 Å². The van der Waals surface area contributed by atoms with E-state index in [9.17, 15) is 20.2 Å². The number of benzene rings is 2. The zero-order valence-corrected chi connectivity index (χ0v) is 11.7. The number of anilines is 2. The molecule has 116 valence electrons. The fourth-order valence-electron chi connectivity index (χ4n) is 2.17. The van der Waals surface area contributed by atoms with Gasteiger partial charge in [0.1, 0.15) is 11.2 Å². The van der Waals surface area contributed by atoms with Crippen molar-refractivity contribution in [2.24, 2.45) is 0 Å². The summed E-state index contributed by atoms with van der Waals surface area (Å²) in [7, 11) is 0. The molecular formula is C13H9N5O5. The van der Waals surface area contributed by atoms with E-state index in [1.807, 2.05) is 0 Å². The number of non-ortho nitro benzene ring substituents is 1. The van der Waals surface area contributed by atoms with Gasteiger partial charge in [-0.05, 0) is 41.0 Å². The van der Waals surface area contributed by atoms with Gasteiger partial charge in [0, 0.05) is 17.8 Å². The Morgan fingerprint density at radius 2 is 1.78 bits per heavy atom. The Hall–Kier alpha value is -3.56. The molecule has 3 aromatic rings. The van der Waals surface area contributed by atoms with Gasteiger partial charge in [0.05, 0.1) is 9.85 Å². The summed E-state index contributed by atoms with van der Waals surface area (Å²) in [4.78, 5) is 21.0. The van der Waals surface area contributed by atoms with Crippen LogP contribution in [0.15, 0.2) is 35.0 Å². The molecule has 0 aliphatic carbocycles. The van der Waals surface area contributed by atoms with Crippen molar-refractivity contribution >= 4 is 33.8 Å². The largest absolute Gasteiger partial charge is 0.350 e. The average molecular weight is 315 g/mol. The zero-order chi connectivity index (χ0) is 16.6. The second-order valence-electron chi connectivity index (χ2n) is 4.73. The van der Waals surface area contributed by atoms with Gasteiger partial charge in [-0.1, -0.05) is 0 Å². The third-order valence-electron chi connectivity index (χ3n) is 3.27. The van der Waals surface area contributed by atoms with E-state index >= 15 is 0 Å².